The van der Waals surface area contributed by atoms with Crippen LogP contribution in [0.3, 0.4) is 0 Å². The molecule has 1 aromatic rings. The molecule has 1 heterocycles. The average Bonchev–Trinajstić information content (AvgIpc) is 2.99. The van der Waals surface area contributed by atoms with Crippen molar-refractivity contribution in [2.45, 2.75) is 46.1 Å². The van der Waals surface area contributed by atoms with E-state index in [1.807, 2.05) is 56.9 Å². The highest BCUT2D eigenvalue weighted by Gasteiger charge is 2.40. The Morgan fingerprint density at radius 1 is 1.24 bits per heavy atom. The second kappa shape index (κ2) is 8.37. The lowest BCUT2D eigenvalue weighted by Gasteiger charge is -2.20. The quantitative estimate of drug-likeness (QED) is 0.862. The zero-order chi connectivity index (χ0) is 18.6. The Kier molecular flexibility index (Phi) is 6.45. The van der Waals surface area contributed by atoms with E-state index < -0.39 is 0 Å². The molecular weight excluding hydrogens is 316 g/mol. The fraction of sp³-hybridized carbons (Fsp3) is 0.600. The van der Waals surface area contributed by atoms with Gasteiger partial charge in [0.2, 0.25) is 11.8 Å². The third-order valence-electron chi connectivity index (χ3n) is 4.55. The number of rotatable bonds is 6. The molecular formula is C20H30N2O3. The Morgan fingerprint density at radius 2 is 1.96 bits per heavy atom. The van der Waals surface area contributed by atoms with Crippen molar-refractivity contribution in [2.24, 2.45) is 11.8 Å². The van der Waals surface area contributed by atoms with Gasteiger partial charge in [-0.15, -0.1) is 0 Å². The summed E-state index contributed by atoms with van der Waals surface area (Å²) in [6.45, 7) is 9.04. The van der Waals surface area contributed by atoms with Crippen molar-refractivity contribution in [3.63, 3.8) is 0 Å². The van der Waals surface area contributed by atoms with E-state index in [0.717, 1.165) is 11.3 Å². The summed E-state index contributed by atoms with van der Waals surface area (Å²) in [6, 6.07) is 7.89. The van der Waals surface area contributed by atoms with E-state index in [1.54, 1.807) is 7.11 Å². The average molecular weight is 346 g/mol. The van der Waals surface area contributed by atoms with E-state index >= 15 is 0 Å². The minimum absolute atomic E-state index is 0.00929. The van der Waals surface area contributed by atoms with Gasteiger partial charge in [-0.2, -0.15) is 0 Å². The summed E-state index contributed by atoms with van der Waals surface area (Å²) < 4.78 is 5.32. The predicted molar refractivity (Wildman–Crippen MR) is 98.5 cm³/mol. The van der Waals surface area contributed by atoms with Crippen LogP contribution in [-0.4, -0.2) is 43.0 Å². The number of hydrogen-bond donors (Lipinski definition) is 1. The first-order chi connectivity index (χ1) is 11.8. The molecule has 1 fully saturated rings. The number of carbonyl (C=O) groups excluding carboxylic acids is 2. The van der Waals surface area contributed by atoms with E-state index in [-0.39, 0.29) is 29.7 Å². The van der Waals surface area contributed by atoms with Crippen molar-refractivity contribution in [3.8, 4) is 5.75 Å². The molecule has 138 valence electrons. The molecule has 2 atom stereocenters. The number of carbonyl (C=O) groups is 2. The highest BCUT2D eigenvalue weighted by molar-refractivity contribution is 5.83. The summed E-state index contributed by atoms with van der Waals surface area (Å²) in [4.78, 5) is 27.1. The van der Waals surface area contributed by atoms with E-state index in [9.17, 15) is 9.59 Å². The molecule has 2 unspecified atom stereocenters. The first kappa shape index (κ1) is 19.3. The van der Waals surface area contributed by atoms with Crippen molar-refractivity contribution in [3.05, 3.63) is 29.8 Å². The number of nitrogens with one attached hydrogen (secondary N) is 1. The van der Waals surface area contributed by atoms with Crippen LogP contribution in [0.15, 0.2) is 24.3 Å². The predicted octanol–water partition coefficient (Wildman–Crippen LogP) is 2.81. The molecule has 0 aromatic heterocycles. The van der Waals surface area contributed by atoms with E-state index in [1.165, 1.54) is 0 Å². The van der Waals surface area contributed by atoms with Crippen LogP contribution in [0.2, 0.25) is 0 Å². The largest absolute Gasteiger partial charge is 0.497 e. The Hall–Kier alpha value is -2.04. The molecule has 0 bridgehead atoms. The maximum absolute atomic E-state index is 12.7. The van der Waals surface area contributed by atoms with E-state index in [4.69, 9.17) is 4.74 Å². The van der Waals surface area contributed by atoms with Crippen molar-refractivity contribution < 1.29 is 14.3 Å². The normalized spacial score (nSPS) is 20.2. The van der Waals surface area contributed by atoms with Gasteiger partial charge < -0.3 is 15.0 Å². The van der Waals surface area contributed by atoms with Crippen LogP contribution in [0.5, 0.6) is 5.75 Å². The lowest BCUT2D eigenvalue weighted by atomic mass is 9.88. The van der Waals surface area contributed by atoms with Gasteiger partial charge >= 0.3 is 0 Å². The monoisotopic (exact) mass is 346 g/mol. The molecule has 5 nitrogen and oxygen atoms in total. The lowest BCUT2D eigenvalue weighted by molar-refractivity contribution is -0.131. The van der Waals surface area contributed by atoms with Gasteiger partial charge in [0.15, 0.2) is 0 Å². The third kappa shape index (κ3) is 4.97. The molecule has 0 aliphatic carbocycles. The molecule has 2 amide bonds. The molecule has 0 radical (unpaired) electrons. The van der Waals surface area contributed by atoms with Crippen molar-refractivity contribution in [2.75, 3.05) is 20.2 Å². The van der Waals surface area contributed by atoms with Crippen LogP contribution in [0.4, 0.5) is 0 Å². The van der Waals surface area contributed by atoms with Gasteiger partial charge in [0.25, 0.3) is 0 Å². The smallest absolute Gasteiger partial charge is 0.225 e. The third-order valence-corrected chi connectivity index (χ3v) is 4.55. The summed E-state index contributed by atoms with van der Waals surface area (Å²) in [5, 5.41) is 3.01. The lowest BCUT2D eigenvalue weighted by Crippen LogP contribution is -2.39. The molecule has 5 heteroatoms. The molecule has 0 spiro atoms. The van der Waals surface area contributed by atoms with E-state index in [0.29, 0.717) is 25.4 Å². The van der Waals surface area contributed by atoms with Gasteiger partial charge in [-0.25, -0.2) is 0 Å². The number of likely N-dealkylation sites (tertiary alicyclic amines) is 1. The molecule has 1 aliphatic heterocycles. The van der Waals surface area contributed by atoms with E-state index in [2.05, 4.69) is 5.32 Å². The summed E-state index contributed by atoms with van der Waals surface area (Å²) in [5.74, 6) is 0.986. The fourth-order valence-electron chi connectivity index (χ4n) is 3.35. The SMILES string of the molecule is COc1cccc(C2CN(C(=O)CC(C)C)CC2C(=O)NC(C)C)c1. The van der Waals surface area contributed by atoms with Gasteiger partial charge in [0.05, 0.1) is 13.0 Å². The summed E-state index contributed by atoms with van der Waals surface area (Å²) in [7, 11) is 1.63. The molecule has 1 aromatic carbocycles. The maximum atomic E-state index is 12.7. The highest BCUT2D eigenvalue weighted by Crippen LogP contribution is 2.35. The second-order valence-electron chi connectivity index (χ2n) is 7.55. The fourth-order valence-corrected chi connectivity index (χ4v) is 3.35. The van der Waals surface area contributed by atoms with Crippen LogP contribution in [-0.2, 0) is 9.59 Å². The summed E-state index contributed by atoms with van der Waals surface area (Å²) in [5.41, 5.74) is 1.04. The Morgan fingerprint density at radius 3 is 2.56 bits per heavy atom. The van der Waals surface area contributed by atoms with Crippen molar-refractivity contribution >= 4 is 11.8 Å². The molecule has 0 saturated carbocycles. The minimum Gasteiger partial charge on any atom is -0.497 e. The topological polar surface area (TPSA) is 58.6 Å². The van der Waals surface area contributed by atoms with Gasteiger partial charge in [0.1, 0.15) is 5.75 Å². The minimum atomic E-state index is -0.231. The van der Waals surface area contributed by atoms with Gasteiger partial charge in [0, 0.05) is 31.5 Å². The molecule has 1 aliphatic rings. The van der Waals surface area contributed by atoms with Gasteiger partial charge in [-0.3, -0.25) is 9.59 Å². The van der Waals surface area contributed by atoms with Gasteiger partial charge in [-0.1, -0.05) is 26.0 Å². The first-order valence-electron chi connectivity index (χ1n) is 9.04. The van der Waals surface area contributed by atoms with Gasteiger partial charge in [-0.05, 0) is 37.5 Å². The molecule has 25 heavy (non-hydrogen) atoms. The summed E-state index contributed by atoms with van der Waals surface area (Å²) in [6.07, 6.45) is 0.517. The second-order valence-corrected chi connectivity index (χ2v) is 7.55. The van der Waals surface area contributed by atoms with Crippen LogP contribution in [0, 0.1) is 11.8 Å². The molecule has 1 saturated heterocycles. The first-order valence-corrected chi connectivity index (χ1v) is 9.04. The van der Waals surface area contributed by atoms with Crippen LogP contribution < -0.4 is 10.1 Å². The number of benzene rings is 1. The maximum Gasteiger partial charge on any atom is 0.225 e. The van der Waals surface area contributed by atoms with Crippen LogP contribution in [0.25, 0.3) is 0 Å². The number of amides is 2. The van der Waals surface area contributed by atoms with Crippen molar-refractivity contribution in [1.82, 2.24) is 10.2 Å². The Labute approximate surface area is 150 Å². The van der Waals surface area contributed by atoms with Crippen LogP contribution >= 0.6 is 0 Å². The molecule has 1 N–H and O–H groups in total. The standard InChI is InChI=1S/C20H30N2O3/c1-13(2)9-19(23)22-11-17(15-7-6-8-16(10-15)25-5)18(12-22)20(24)21-14(3)4/h6-8,10,13-14,17-18H,9,11-12H2,1-5H3,(H,21,24). The zero-order valence-corrected chi connectivity index (χ0v) is 15.9. The summed E-state index contributed by atoms with van der Waals surface area (Å²) >= 11 is 0. The number of hydrogen-bond acceptors (Lipinski definition) is 3. The Bertz CT molecular complexity index is 613. The zero-order valence-electron chi connectivity index (χ0n) is 15.9. The molecule has 2 rings (SSSR count). The number of methoxy groups -OCH3 is 1. The number of ether oxygens (including phenoxy) is 1. The number of nitrogens with zero attached hydrogens (tertiary/aromatic N) is 1. The van der Waals surface area contributed by atoms with Crippen LogP contribution in [0.1, 0.15) is 45.6 Å². The Balaban J connectivity index is 2.25. The highest BCUT2D eigenvalue weighted by atomic mass is 16.5. The van der Waals surface area contributed by atoms with Crippen molar-refractivity contribution in [1.29, 1.82) is 0 Å².